The molecule has 0 radical (unpaired) electrons. The van der Waals surface area contributed by atoms with Crippen molar-refractivity contribution in [2.45, 2.75) is 46.6 Å². The van der Waals surface area contributed by atoms with Crippen molar-refractivity contribution >= 4 is 5.65 Å². The van der Waals surface area contributed by atoms with Gasteiger partial charge in [0.1, 0.15) is 5.65 Å². The van der Waals surface area contributed by atoms with E-state index in [2.05, 4.69) is 55.4 Å². The van der Waals surface area contributed by atoms with E-state index in [4.69, 9.17) is 5.73 Å². The van der Waals surface area contributed by atoms with Gasteiger partial charge < -0.3 is 10.1 Å². The first-order valence-corrected chi connectivity index (χ1v) is 6.79. The summed E-state index contributed by atoms with van der Waals surface area (Å²) in [6.07, 6.45) is 4.28. The Morgan fingerprint density at radius 3 is 2.56 bits per heavy atom. The molecule has 0 spiro atoms. The van der Waals surface area contributed by atoms with Gasteiger partial charge in [0.2, 0.25) is 0 Å². The normalized spacial score (nSPS) is 13.4. The summed E-state index contributed by atoms with van der Waals surface area (Å²) in [5.74, 6) is 0.518. The van der Waals surface area contributed by atoms with Crippen LogP contribution in [0, 0.1) is 19.8 Å². The highest BCUT2D eigenvalue weighted by molar-refractivity contribution is 5.50. The average Bonchev–Trinajstić information content (AvgIpc) is 2.68. The SMILES string of the molecule is CCC(CC)C(N)c1c(C)nc2c(C)cccn12. The standard InChI is InChI=1S/C15H23N3/c1-5-12(6-2)13(16)14-11(4)17-15-10(3)8-7-9-18(14)15/h7-9,12-13H,5-6,16H2,1-4H3. The number of aryl methyl sites for hydroxylation is 2. The van der Waals surface area contributed by atoms with Gasteiger partial charge in [-0.1, -0.05) is 32.8 Å². The molecule has 2 N–H and O–H groups in total. The van der Waals surface area contributed by atoms with Crippen LogP contribution in [0.5, 0.6) is 0 Å². The molecule has 18 heavy (non-hydrogen) atoms. The largest absolute Gasteiger partial charge is 0.322 e. The molecule has 2 aromatic rings. The zero-order valence-electron chi connectivity index (χ0n) is 11.8. The van der Waals surface area contributed by atoms with Crippen LogP contribution in [0.3, 0.4) is 0 Å². The van der Waals surface area contributed by atoms with Gasteiger partial charge >= 0.3 is 0 Å². The fourth-order valence-corrected chi connectivity index (χ4v) is 2.76. The smallest absolute Gasteiger partial charge is 0.140 e. The Bertz CT molecular complexity index is 538. The van der Waals surface area contributed by atoms with Crippen molar-refractivity contribution in [3.05, 3.63) is 35.3 Å². The second-order valence-electron chi connectivity index (χ2n) is 5.07. The van der Waals surface area contributed by atoms with Crippen LogP contribution < -0.4 is 5.73 Å². The number of pyridine rings is 1. The van der Waals surface area contributed by atoms with E-state index < -0.39 is 0 Å². The molecule has 0 aliphatic carbocycles. The molecule has 3 nitrogen and oxygen atoms in total. The van der Waals surface area contributed by atoms with E-state index in [-0.39, 0.29) is 6.04 Å². The topological polar surface area (TPSA) is 43.3 Å². The fourth-order valence-electron chi connectivity index (χ4n) is 2.76. The van der Waals surface area contributed by atoms with Crippen molar-refractivity contribution < 1.29 is 0 Å². The van der Waals surface area contributed by atoms with E-state index in [1.807, 2.05) is 0 Å². The van der Waals surface area contributed by atoms with Gasteiger partial charge in [0, 0.05) is 6.20 Å². The Hall–Kier alpha value is -1.35. The molecule has 98 valence electrons. The number of aromatic nitrogens is 2. The highest BCUT2D eigenvalue weighted by Crippen LogP contribution is 2.28. The zero-order valence-corrected chi connectivity index (χ0v) is 11.8. The van der Waals surface area contributed by atoms with Gasteiger partial charge in [-0.25, -0.2) is 4.98 Å². The molecular formula is C15H23N3. The molecule has 1 atom stereocenters. The molecule has 2 heterocycles. The molecule has 0 bridgehead atoms. The summed E-state index contributed by atoms with van der Waals surface area (Å²) in [4.78, 5) is 4.67. The maximum absolute atomic E-state index is 6.46. The van der Waals surface area contributed by atoms with E-state index in [1.165, 1.54) is 11.3 Å². The number of fused-ring (bicyclic) bond motifs is 1. The summed E-state index contributed by atoms with van der Waals surface area (Å²) in [5.41, 5.74) is 10.9. The molecule has 0 aromatic carbocycles. The third-order valence-electron chi connectivity index (χ3n) is 3.94. The van der Waals surface area contributed by atoms with Gasteiger partial charge in [-0.2, -0.15) is 0 Å². The van der Waals surface area contributed by atoms with Crippen LogP contribution in [0.4, 0.5) is 0 Å². The van der Waals surface area contributed by atoms with E-state index in [0.717, 1.165) is 24.2 Å². The Morgan fingerprint density at radius 1 is 1.28 bits per heavy atom. The summed E-state index contributed by atoms with van der Waals surface area (Å²) in [5, 5.41) is 0. The van der Waals surface area contributed by atoms with E-state index in [1.54, 1.807) is 0 Å². The molecule has 0 saturated heterocycles. The first kappa shape index (κ1) is 13.1. The molecular weight excluding hydrogens is 222 g/mol. The van der Waals surface area contributed by atoms with Crippen molar-refractivity contribution in [2.24, 2.45) is 11.7 Å². The molecule has 2 aromatic heterocycles. The van der Waals surface area contributed by atoms with Crippen molar-refractivity contribution in [3.63, 3.8) is 0 Å². The molecule has 3 heteroatoms. The molecule has 1 unspecified atom stereocenters. The van der Waals surface area contributed by atoms with Gasteiger partial charge in [-0.05, 0) is 31.4 Å². The lowest BCUT2D eigenvalue weighted by molar-refractivity contribution is 0.396. The predicted octanol–water partition coefficient (Wildman–Crippen LogP) is 3.39. The summed E-state index contributed by atoms with van der Waals surface area (Å²) in [6.45, 7) is 8.56. The van der Waals surface area contributed by atoms with Gasteiger partial charge in [0.15, 0.2) is 0 Å². The second kappa shape index (κ2) is 5.11. The van der Waals surface area contributed by atoms with Crippen LogP contribution in [0.1, 0.15) is 49.7 Å². The van der Waals surface area contributed by atoms with Crippen LogP contribution in [-0.4, -0.2) is 9.38 Å². The summed E-state index contributed by atoms with van der Waals surface area (Å²) >= 11 is 0. The third-order valence-corrected chi connectivity index (χ3v) is 3.94. The van der Waals surface area contributed by atoms with Crippen LogP contribution in [0.15, 0.2) is 18.3 Å². The molecule has 0 aliphatic heterocycles. The molecule has 2 rings (SSSR count). The minimum Gasteiger partial charge on any atom is -0.322 e. The lowest BCUT2D eigenvalue weighted by atomic mass is 9.92. The first-order chi connectivity index (χ1) is 8.60. The van der Waals surface area contributed by atoms with Crippen molar-refractivity contribution in [1.82, 2.24) is 9.38 Å². The van der Waals surface area contributed by atoms with Crippen LogP contribution in [0.2, 0.25) is 0 Å². The molecule has 0 fully saturated rings. The van der Waals surface area contributed by atoms with Crippen LogP contribution in [-0.2, 0) is 0 Å². The van der Waals surface area contributed by atoms with Gasteiger partial charge in [0.25, 0.3) is 0 Å². The summed E-state index contributed by atoms with van der Waals surface area (Å²) < 4.78 is 2.16. The van der Waals surface area contributed by atoms with Crippen LogP contribution >= 0.6 is 0 Å². The number of rotatable bonds is 4. The van der Waals surface area contributed by atoms with Crippen LogP contribution in [0.25, 0.3) is 5.65 Å². The third kappa shape index (κ3) is 2.03. The molecule has 0 saturated carbocycles. The summed E-state index contributed by atoms with van der Waals surface area (Å²) in [7, 11) is 0. The Balaban J connectivity index is 2.57. The highest BCUT2D eigenvalue weighted by atomic mass is 15.0. The number of nitrogens with zero attached hydrogens (tertiary/aromatic N) is 2. The summed E-state index contributed by atoms with van der Waals surface area (Å²) in [6, 6.07) is 4.22. The maximum atomic E-state index is 6.46. The fraction of sp³-hybridized carbons (Fsp3) is 0.533. The Kier molecular flexibility index (Phi) is 3.71. The Labute approximate surface area is 109 Å². The highest BCUT2D eigenvalue weighted by Gasteiger charge is 2.22. The van der Waals surface area contributed by atoms with Gasteiger partial charge in [0.05, 0.1) is 17.4 Å². The first-order valence-electron chi connectivity index (χ1n) is 6.79. The second-order valence-corrected chi connectivity index (χ2v) is 5.07. The number of imidazole rings is 1. The zero-order chi connectivity index (χ0) is 13.3. The van der Waals surface area contributed by atoms with E-state index in [9.17, 15) is 0 Å². The minimum absolute atomic E-state index is 0.0665. The minimum atomic E-state index is 0.0665. The van der Waals surface area contributed by atoms with Crippen molar-refractivity contribution in [3.8, 4) is 0 Å². The Morgan fingerprint density at radius 2 is 1.94 bits per heavy atom. The average molecular weight is 245 g/mol. The predicted molar refractivity (Wildman–Crippen MR) is 75.7 cm³/mol. The number of hydrogen-bond acceptors (Lipinski definition) is 2. The molecule has 0 amide bonds. The molecule has 0 aliphatic rings. The van der Waals surface area contributed by atoms with Gasteiger partial charge in [-0.3, -0.25) is 0 Å². The van der Waals surface area contributed by atoms with E-state index in [0.29, 0.717) is 5.92 Å². The van der Waals surface area contributed by atoms with Gasteiger partial charge in [-0.15, -0.1) is 0 Å². The number of hydrogen-bond donors (Lipinski definition) is 1. The number of nitrogens with two attached hydrogens (primary N) is 1. The van der Waals surface area contributed by atoms with Crippen molar-refractivity contribution in [2.75, 3.05) is 0 Å². The van der Waals surface area contributed by atoms with E-state index >= 15 is 0 Å². The van der Waals surface area contributed by atoms with Crippen molar-refractivity contribution in [1.29, 1.82) is 0 Å². The maximum Gasteiger partial charge on any atom is 0.140 e. The lowest BCUT2D eigenvalue weighted by Crippen LogP contribution is -2.22. The monoisotopic (exact) mass is 245 g/mol. The quantitative estimate of drug-likeness (QED) is 0.897. The lowest BCUT2D eigenvalue weighted by Gasteiger charge is -2.21.